The standard InChI is InChI=1S/C64H46N4/c1-41(44-38-45(59-26-11-16-47(67-59)15-3-2-9-35-65)40-46(39-44)60-27-14-28-62(68-60)61-25-8-10-36-66-61)37-43(48-33-34-58-53-20-7-5-18-51(53)56-24-13-22-54(48)64(56)58)30-29-42-31-32-57-52-19-6-4-17-50(52)55-23-12-21-49(42)63(55)57/h2-14,16-38,40,44H,1,15,39,65H2/b3-2-,30-29+,35-9-,43-37+. The molecule has 1 unspecified atom stereocenters. The van der Waals surface area contributed by atoms with Crippen molar-refractivity contribution in [1.82, 2.24) is 15.0 Å². The second-order valence-corrected chi connectivity index (χ2v) is 17.7. The third kappa shape index (κ3) is 7.24. The minimum atomic E-state index is -0.0509. The first-order chi connectivity index (χ1) is 33.6. The number of benzene rings is 6. The predicted octanol–water partition coefficient (Wildman–Crippen LogP) is 15.6. The van der Waals surface area contributed by atoms with E-state index in [9.17, 15) is 0 Å². The van der Waals surface area contributed by atoms with E-state index in [1.807, 2.05) is 42.6 Å². The van der Waals surface area contributed by atoms with Crippen LogP contribution in [0.3, 0.4) is 0 Å². The normalized spacial score (nSPS) is 14.8. The van der Waals surface area contributed by atoms with Crippen LogP contribution in [0.1, 0.15) is 34.6 Å². The van der Waals surface area contributed by atoms with E-state index >= 15 is 0 Å². The molecule has 0 saturated heterocycles. The zero-order valence-electron chi connectivity index (χ0n) is 37.5. The lowest BCUT2D eigenvalue weighted by molar-refractivity contribution is 0.802. The van der Waals surface area contributed by atoms with Gasteiger partial charge in [0.15, 0.2) is 0 Å². The van der Waals surface area contributed by atoms with Gasteiger partial charge in [0, 0.05) is 24.2 Å². The van der Waals surface area contributed by atoms with Crippen molar-refractivity contribution < 1.29 is 0 Å². The molecule has 3 aromatic heterocycles. The molecule has 4 heteroatoms. The lowest BCUT2D eigenvalue weighted by Gasteiger charge is -2.23. The molecule has 322 valence electrons. The fourth-order valence-electron chi connectivity index (χ4n) is 10.5. The SMILES string of the molecule is C=C(/C=C(\C=C\c1ccc2c3c(cccc13)-c1ccccc1-2)c1ccc2c3c(cccc13)-c1ccccc1-2)C1C=C(c2cccc(C/C=C\C=C/N)n2)C=C(c2cccc(-c3ccccn3)n2)C1. The molecule has 0 radical (unpaired) electrons. The Bertz CT molecular complexity index is 3650. The molecular weight excluding hydrogens is 825 g/mol. The van der Waals surface area contributed by atoms with Gasteiger partial charge in [-0.3, -0.25) is 9.97 Å². The number of hydrogen-bond acceptors (Lipinski definition) is 4. The molecule has 0 fully saturated rings. The molecule has 6 aromatic carbocycles. The Morgan fingerprint density at radius 2 is 1.19 bits per heavy atom. The number of allylic oxidation sites excluding steroid dienone is 11. The van der Waals surface area contributed by atoms with Crippen molar-refractivity contribution in [1.29, 1.82) is 0 Å². The molecule has 0 bridgehead atoms. The first-order valence-electron chi connectivity index (χ1n) is 23.3. The number of hydrogen-bond donors (Lipinski definition) is 1. The molecule has 4 nitrogen and oxygen atoms in total. The van der Waals surface area contributed by atoms with Gasteiger partial charge in [0.2, 0.25) is 0 Å². The largest absolute Gasteiger partial charge is 0.405 e. The highest BCUT2D eigenvalue weighted by Gasteiger charge is 2.26. The summed E-state index contributed by atoms with van der Waals surface area (Å²) in [6, 6.07) is 58.6. The average molecular weight is 871 g/mol. The Kier molecular flexibility index (Phi) is 10.3. The van der Waals surface area contributed by atoms with Gasteiger partial charge in [-0.1, -0.05) is 170 Å². The number of fused-ring (bicyclic) bond motifs is 6. The van der Waals surface area contributed by atoms with Crippen LogP contribution in [0.25, 0.3) is 100 Å². The summed E-state index contributed by atoms with van der Waals surface area (Å²) in [5, 5.41) is 5.08. The lowest BCUT2D eigenvalue weighted by Crippen LogP contribution is -2.08. The molecule has 0 amide bonds. The quantitative estimate of drug-likeness (QED) is 0.132. The number of rotatable bonds is 11. The van der Waals surface area contributed by atoms with Gasteiger partial charge >= 0.3 is 0 Å². The van der Waals surface area contributed by atoms with Gasteiger partial charge in [0.25, 0.3) is 0 Å². The van der Waals surface area contributed by atoms with E-state index in [2.05, 4.69) is 181 Å². The molecule has 0 saturated carbocycles. The molecule has 9 aromatic rings. The average Bonchev–Trinajstić information content (AvgIpc) is 3.91. The number of pyridine rings is 3. The fourth-order valence-corrected chi connectivity index (χ4v) is 10.5. The number of aromatic nitrogens is 3. The van der Waals surface area contributed by atoms with E-state index < -0.39 is 0 Å². The topological polar surface area (TPSA) is 64.7 Å². The summed E-state index contributed by atoms with van der Waals surface area (Å²) in [5.74, 6) is -0.0509. The Hall–Kier alpha value is -8.73. The van der Waals surface area contributed by atoms with Crippen molar-refractivity contribution in [2.75, 3.05) is 0 Å². The van der Waals surface area contributed by atoms with Gasteiger partial charge in [-0.05, 0) is 161 Å². The van der Waals surface area contributed by atoms with E-state index in [0.717, 1.165) is 57.2 Å². The molecule has 12 rings (SSSR count). The van der Waals surface area contributed by atoms with Crippen molar-refractivity contribution in [3.05, 3.63) is 259 Å². The maximum atomic E-state index is 5.59. The summed E-state index contributed by atoms with van der Waals surface area (Å²) in [4.78, 5) is 15.0. The lowest BCUT2D eigenvalue weighted by atomic mass is 9.82. The minimum absolute atomic E-state index is 0.0509. The highest BCUT2D eigenvalue weighted by atomic mass is 14.8. The predicted molar refractivity (Wildman–Crippen MR) is 285 cm³/mol. The highest BCUT2D eigenvalue weighted by molar-refractivity contribution is 6.19. The molecule has 0 spiro atoms. The van der Waals surface area contributed by atoms with E-state index in [1.165, 1.54) is 83.4 Å². The van der Waals surface area contributed by atoms with E-state index in [0.29, 0.717) is 6.42 Å². The molecule has 2 N–H and O–H groups in total. The van der Waals surface area contributed by atoms with E-state index in [4.69, 9.17) is 22.3 Å². The molecular formula is C64H46N4. The Labute approximate surface area is 396 Å². The first kappa shape index (κ1) is 40.8. The molecule has 3 aliphatic carbocycles. The first-order valence-corrected chi connectivity index (χ1v) is 23.3. The summed E-state index contributed by atoms with van der Waals surface area (Å²) < 4.78 is 0. The summed E-state index contributed by atoms with van der Waals surface area (Å²) >= 11 is 0. The maximum absolute atomic E-state index is 5.59. The minimum Gasteiger partial charge on any atom is -0.405 e. The van der Waals surface area contributed by atoms with Gasteiger partial charge in [-0.25, -0.2) is 4.98 Å². The third-order valence-electron chi connectivity index (χ3n) is 13.6. The van der Waals surface area contributed by atoms with Crippen LogP contribution in [0.5, 0.6) is 0 Å². The summed E-state index contributed by atoms with van der Waals surface area (Å²) in [7, 11) is 0. The van der Waals surface area contributed by atoms with Gasteiger partial charge in [0.1, 0.15) is 0 Å². The highest BCUT2D eigenvalue weighted by Crippen LogP contribution is 2.50. The van der Waals surface area contributed by atoms with Crippen molar-refractivity contribution in [3.63, 3.8) is 0 Å². The van der Waals surface area contributed by atoms with Crippen LogP contribution in [0.4, 0.5) is 0 Å². The van der Waals surface area contributed by atoms with Crippen LogP contribution in [0.2, 0.25) is 0 Å². The second-order valence-electron chi connectivity index (χ2n) is 17.7. The summed E-state index contributed by atoms with van der Waals surface area (Å²) in [6.45, 7) is 4.90. The van der Waals surface area contributed by atoms with Gasteiger partial charge < -0.3 is 5.73 Å². The van der Waals surface area contributed by atoms with Gasteiger partial charge in [-0.2, -0.15) is 0 Å². The van der Waals surface area contributed by atoms with Crippen LogP contribution in [-0.4, -0.2) is 15.0 Å². The monoisotopic (exact) mass is 870 g/mol. The molecule has 68 heavy (non-hydrogen) atoms. The Morgan fingerprint density at radius 1 is 0.574 bits per heavy atom. The van der Waals surface area contributed by atoms with Crippen LogP contribution in [0, 0.1) is 5.92 Å². The van der Waals surface area contributed by atoms with Gasteiger partial charge in [-0.15, -0.1) is 0 Å². The molecule has 3 heterocycles. The van der Waals surface area contributed by atoms with Crippen molar-refractivity contribution in [2.24, 2.45) is 11.7 Å². The fraction of sp³-hybridized carbons (Fsp3) is 0.0469. The van der Waals surface area contributed by atoms with Crippen LogP contribution in [-0.2, 0) is 6.42 Å². The maximum Gasteiger partial charge on any atom is 0.0893 e. The molecule has 1 atom stereocenters. The van der Waals surface area contributed by atoms with Crippen molar-refractivity contribution in [2.45, 2.75) is 12.8 Å². The molecule has 3 aliphatic rings. The summed E-state index contributed by atoms with van der Waals surface area (Å²) in [5.41, 5.74) is 27.0. The van der Waals surface area contributed by atoms with Crippen LogP contribution >= 0.6 is 0 Å². The number of nitrogens with two attached hydrogens (primary N) is 1. The van der Waals surface area contributed by atoms with Gasteiger partial charge in [0.05, 0.1) is 22.8 Å². The van der Waals surface area contributed by atoms with E-state index in [-0.39, 0.29) is 5.92 Å². The Balaban J connectivity index is 0.990. The number of nitrogens with zero attached hydrogens (tertiary/aromatic N) is 3. The van der Waals surface area contributed by atoms with E-state index in [1.54, 1.807) is 0 Å². The zero-order valence-corrected chi connectivity index (χ0v) is 37.5. The molecule has 0 aliphatic heterocycles. The second kappa shape index (κ2) is 17.2. The van der Waals surface area contributed by atoms with Crippen molar-refractivity contribution >= 4 is 44.3 Å². The van der Waals surface area contributed by atoms with Crippen LogP contribution in [0.15, 0.2) is 231 Å². The van der Waals surface area contributed by atoms with Crippen LogP contribution < -0.4 is 5.73 Å². The van der Waals surface area contributed by atoms with Crippen molar-refractivity contribution in [3.8, 4) is 55.9 Å². The third-order valence-corrected chi connectivity index (χ3v) is 13.6. The summed E-state index contributed by atoms with van der Waals surface area (Å²) in [6.07, 6.45) is 22.1. The smallest absolute Gasteiger partial charge is 0.0893 e. The Morgan fingerprint density at radius 3 is 1.93 bits per heavy atom. The zero-order chi connectivity index (χ0) is 45.6.